The molecule has 32 heteroatoms. The molecule has 440 valence electrons. The zero-order valence-corrected chi connectivity index (χ0v) is 44.7. The van der Waals surface area contributed by atoms with Gasteiger partial charge in [0.2, 0.25) is 11.6 Å². The summed E-state index contributed by atoms with van der Waals surface area (Å²) in [5.74, 6) is -8.75. The van der Waals surface area contributed by atoms with Gasteiger partial charge >= 0.3 is 18.2 Å². The summed E-state index contributed by atoms with van der Waals surface area (Å²) in [6.07, 6.45) is -5.79. The monoisotopic (exact) mass is 1230 g/mol. The van der Waals surface area contributed by atoms with Gasteiger partial charge in [0, 0.05) is 36.3 Å². The van der Waals surface area contributed by atoms with Crippen molar-refractivity contribution in [1.82, 2.24) is 75.8 Å². The van der Waals surface area contributed by atoms with Gasteiger partial charge in [-0.3, -0.25) is 24.3 Å². The van der Waals surface area contributed by atoms with Gasteiger partial charge in [-0.2, -0.15) is 46.6 Å². The molecule has 2 atom stereocenters. The van der Waals surface area contributed by atoms with Crippen LogP contribution in [0.15, 0.2) is 102 Å². The number of carbonyl (C=O) groups excluding carboxylic acids is 4. The molecule has 0 saturated heterocycles. The number of hydrogen-bond donors (Lipinski definition) is 5. The summed E-state index contributed by atoms with van der Waals surface area (Å²) in [5.41, 5.74) is 3.13. The molecule has 20 nitrogen and oxygen atoms in total. The zero-order chi connectivity index (χ0) is 60.9. The maximum Gasteiger partial charge on any atom is 0.471 e. The Labute approximate surface area is 484 Å². The summed E-state index contributed by atoms with van der Waals surface area (Å²) in [7, 11) is 0. The van der Waals surface area contributed by atoms with Gasteiger partial charge in [-0.1, -0.05) is 64.8 Å². The Morgan fingerprint density at radius 2 is 1.05 bits per heavy atom. The van der Waals surface area contributed by atoms with Gasteiger partial charge in [0.1, 0.15) is 34.4 Å². The Morgan fingerprint density at radius 1 is 0.570 bits per heavy atom. The summed E-state index contributed by atoms with van der Waals surface area (Å²) in [6, 6.07) is 18.8. The number of nitrogens with one attached hydrogen (secondary N) is 5. The summed E-state index contributed by atoms with van der Waals surface area (Å²) >= 11 is 11.6. The smallest absolute Gasteiger partial charge is 0.347 e. The standard InChI is InChI=1S/C27H18ClF5N8O2.C27H17ClF5N7O3/c28-16-7-12(1-5-17(16)29)10-34-24(42)20-9-21(41-23(36-20)18(30)11-35-41)25(43)37-19-6-3-13-8-14(2-4-15(13)19)22-38-26(40-39-22)27(31,32)33;28-16-7-12(1-5-17(16)29)10-34-24(41)20-9-21(40-23(36-20)18(30)11-35-40)25(42)37-19-6-3-13-8-14(2-4-15(13)19)22-38-26(43-39-22)27(31,32)33/h1-2,4-5,7-9,11,19H,3,6,10H2,(H,34,42)(H,37,43)(H,38,39,40);1-2,4-5,7-9,11,19H,3,6,10H2,(H,34,41)(H,37,42)/t2*19-/m00/s1. The number of aromatic nitrogens is 11. The molecule has 2 aliphatic carbocycles. The third-order valence-electron chi connectivity index (χ3n) is 13.7. The number of alkyl halides is 6. The van der Waals surface area contributed by atoms with Crippen molar-refractivity contribution < 1.29 is 67.6 Å². The minimum Gasteiger partial charge on any atom is -0.347 e. The fourth-order valence-corrected chi connectivity index (χ4v) is 9.93. The van der Waals surface area contributed by atoms with E-state index >= 15 is 0 Å². The van der Waals surface area contributed by atoms with E-state index in [1.54, 1.807) is 30.3 Å². The normalized spacial score (nSPS) is 14.6. The Hall–Kier alpha value is -9.84. The van der Waals surface area contributed by atoms with Crippen LogP contribution in [-0.2, 0) is 38.3 Å². The number of nitrogens with zero attached hydrogens (tertiary/aromatic N) is 10. The largest absolute Gasteiger partial charge is 0.471 e. The summed E-state index contributed by atoms with van der Waals surface area (Å²) < 4.78 is 139. The van der Waals surface area contributed by atoms with Crippen LogP contribution in [0.25, 0.3) is 34.1 Å². The van der Waals surface area contributed by atoms with E-state index in [0.29, 0.717) is 53.5 Å². The van der Waals surface area contributed by atoms with E-state index < -0.39 is 83.0 Å². The first-order valence-corrected chi connectivity index (χ1v) is 26.0. The lowest BCUT2D eigenvalue weighted by Gasteiger charge is -2.15. The van der Waals surface area contributed by atoms with Crippen molar-refractivity contribution in [3.63, 3.8) is 0 Å². The van der Waals surface area contributed by atoms with Crippen LogP contribution < -0.4 is 21.3 Å². The summed E-state index contributed by atoms with van der Waals surface area (Å²) in [6.45, 7) is -0.0850. The first-order chi connectivity index (χ1) is 40.9. The Morgan fingerprint density at radius 3 is 1.48 bits per heavy atom. The van der Waals surface area contributed by atoms with Crippen LogP contribution in [0.1, 0.15) is 112 Å². The fraction of sp³-hybridized carbons (Fsp3) is 0.185. The minimum absolute atomic E-state index is 0.0405. The molecule has 86 heavy (non-hydrogen) atoms. The first-order valence-electron chi connectivity index (χ1n) is 25.3. The average molecular weight is 1230 g/mol. The lowest BCUT2D eigenvalue weighted by atomic mass is 10.0. The number of H-pyrrole nitrogens is 1. The molecule has 0 unspecified atom stereocenters. The number of carbonyl (C=O) groups is 4. The number of aromatic amines is 1. The molecule has 12 rings (SSSR count). The molecule has 0 bridgehead atoms. The molecule has 5 N–H and O–H groups in total. The van der Waals surface area contributed by atoms with Gasteiger partial charge in [-0.25, -0.2) is 41.5 Å². The van der Waals surface area contributed by atoms with Crippen molar-refractivity contribution in [2.45, 2.75) is 63.2 Å². The molecule has 0 spiro atoms. The van der Waals surface area contributed by atoms with Crippen molar-refractivity contribution in [1.29, 1.82) is 0 Å². The molecule has 0 aliphatic heterocycles. The van der Waals surface area contributed by atoms with E-state index in [1.165, 1.54) is 36.4 Å². The van der Waals surface area contributed by atoms with E-state index in [0.717, 1.165) is 56.3 Å². The average Bonchev–Trinajstić information content (AvgIpc) is 2.74. The van der Waals surface area contributed by atoms with Crippen LogP contribution >= 0.6 is 23.2 Å². The summed E-state index contributed by atoms with van der Waals surface area (Å²) in [4.78, 5) is 67.5. The van der Waals surface area contributed by atoms with Crippen molar-refractivity contribution in [2.24, 2.45) is 0 Å². The lowest BCUT2D eigenvalue weighted by Crippen LogP contribution is -2.30. The molecule has 10 aromatic rings. The van der Waals surface area contributed by atoms with Crippen LogP contribution in [0.3, 0.4) is 0 Å². The third kappa shape index (κ3) is 12.0. The van der Waals surface area contributed by atoms with E-state index in [2.05, 4.69) is 66.2 Å². The first kappa shape index (κ1) is 58.0. The molecule has 2 aliphatic rings. The number of hydrogen-bond acceptors (Lipinski definition) is 13. The second-order valence-corrected chi connectivity index (χ2v) is 20.1. The van der Waals surface area contributed by atoms with Gasteiger partial charge in [0.05, 0.1) is 34.5 Å². The summed E-state index contributed by atoms with van der Waals surface area (Å²) in [5, 5.41) is 27.3. The van der Waals surface area contributed by atoms with E-state index in [9.17, 15) is 63.1 Å². The highest BCUT2D eigenvalue weighted by Gasteiger charge is 2.39. The lowest BCUT2D eigenvalue weighted by molar-refractivity contribution is -0.159. The quantitative estimate of drug-likeness (QED) is 0.0715. The zero-order valence-electron chi connectivity index (χ0n) is 43.2. The maximum absolute atomic E-state index is 14.5. The molecule has 4 amide bonds. The predicted molar refractivity (Wildman–Crippen MR) is 280 cm³/mol. The Balaban J connectivity index is 0.000000179. The Bertz CT molecular complexity index is 4080. The van der Waals surface area contributed by atoms with E-state index in [4.69, 9.17) is 23.2 Å². The molecule has 4 aromatic carbocycles. The van der Waals surface area contributed by atoms with Crippen molar-refractivity contribution in [2.75, 3.05) is 0 Å². The van der Waals surface area contributed by atoms with Crippen molar-refractivity contribution in [3.8, 4) is 22.8 Å². The van der Waals surface area contributed by atoms with Gasteiger partial charge in [0.25, 0.3) is 23.6 Å². The Kier molecular flexibility index (Phi) is 15.5. The second kappa shape index (κ2) is 23.0. The van der Waals surface area contributed by atoms with Gasteiger partial charge in [-0.15, -0.1) is 0 Å². The van der Waals surface area contributed by atoms with Gasteiger partial charge < -0.3 is 25.8 Å². The third-order valence-corrected chi connectivity index (χ3v) is 14.2. The number of halogens is 12. The van der Waals surface area contributed by atoms with Crippen LogP contribution in [0, 0.1) is 23.3 Å². The molecule has 6 aromatic heterocycles. The number of fused-ring (bicyclic) bond motifs is 4. The minimum atomic E-state index is -4.77. The van der Waals surface area contributed by atoms with E-state index in [1.807, 2.05) is 5.10 Å². The van der Waals surface area contributed by atoms with Crippen molar-refractivity contribution >= 4 is 58.1 Å². The van der Waals surface area contributed by atoms with Crippen LogP contribution in [0.4, 0.5) is 43.9 Å². The van der Waals surface area contributed by atoms with Gasteiger partial charge in [-0.05, 0) is 95.5 Å². The molecule has 0 saturated carbocycles. The highest BCUT2D eigenvalue weighted by molar-refractivity contribution is 6.31. The number of benzene rings is 4. The molecule has 6 heterocycles. The number of rotatable bonds is 12. The van der Waals surface area contributed by atoms with Crippen LogP contribution in [-0.4, -0.2) is 78.1 Å². The van der Waals surface area contributed by atoms with Gasteiger partial charge in [0.15, 0.2) is 28.8 Å². The maximum atomic E-state index is 14.5. The van der Waals surface area contributed by atoms with Crippen LogP contribution in [0.5, 0.6) is 0 Å². The van der Waals surface area contributed by atoms with E-state index in [-0.39, 0.29) is 68.9 Å². The molecular formula is C54H35Cl2F10N15O5. The molecular weight excluding hydrogens is 1200 g/mol. The second-order valence-electron chi connectivity index (χ2n) is 19.3. The van der Waals surface area contributed by atoms with Crippen LogP contribution in [0.2, 0.25) is 10.0 Å². The predicted octanol–water partition coefficient (Wildman–Crippen LogP) is 9.89. The SMILES string of the molecule is O=C(NCc1ccc(F)c(Cl)c1)c1cc(C(=O)N[C@H]2CCc3cc(-c4n[nH]c(C(F)(F)F)n4)ccc32)n2ncc(F)c2n1.O=C(NCc1ccc(F)c(Cl)c1)c1cc(C(=O)N[C@H]2CCc3cc(-c4noc(C(F)(F)F)n4)ccc32)n2ncc(F)c2n1. The number of aryl methyl sites for hydroxylation is 2. The molecule has 0 fully saturated rings. The highest BCUT2D eigenvalue weighted by atomic mass is 35.5. The fourth-order valence-electron chi connectivity index (χ4n) is 9.52. The molecule has 0 radical (unpaired) electrons. The number of amides is 4. The van der Waals surface area contributed by atoms with Crippen molar-refractivity contribution in [3.05, 3.63) is 199 Å². The highest BCUT2D eigenvalue weighted by Crippen LogP contribution is 2.37. The topological polar surface area (TPSA) is 257 Å².